The molecule has 0 saturated carbocycles. The number of fused-ring (bicyclic) bond motifs is 1. The zero-order valence-corrected chi connectivity index (χ0v) is 14.4. The molecule has 3 aromatic carbocycles. The molecule has 1 amide bonds. The Labute approximate surface area is 148 Å². The zero-order chi connectivity index (χ0) is 17.5. The molecule has 3 rings (SSSR count). The Bertz CT molecular complexity index is 879. The predicted molar refractivity (Wildman–Crippen MR) is 104 cm³/mol. The van der Waals surface area contributed by atoms with Crippen molar-refractivity contribution in [2.24, 2.45) is 5.10 Å². The number of nitrogens with one attached hydrogen (secondary N) is 1. The van der Waals surface area contributed by atoms with Gasteiger partial charge in [-0.2, -0.15) is 5.10 Å². The maximum absolute atomic E-state index is 12.7. The van der Waals surface area contributed by atoms with Gasteiger partial charge in [-0.3, -0.25) is 4.79 Å². The number of amides is 1. The first-order chi connectivity index (χ1) is 12.3. The van der Waals surface area contributed by atoms with Crippen LogP contribution in [0.3, 0.4) is 0 Å². The fourth-order valence-corrected chi connectivity index (χ4v) is 2.84. The summed E-state index contributed by atoms with van der Waals surface area (Å²) in [6.07, 6.45) is 2.97. The number of carbonyl (C=O) groups excluding carboxylic acids is 1. The van der Waals surface area contributed by atoms with Crippen molar-refractivity contribution in [2.45, 2.75) is 26.2 Å². The van der Waals surface area contributed by atoms with E-state index in [0.717, 1.165) is 41.3 Å². The Hall–Kier alpha value is -2.94. The van der Waals surface area contributed by atoms with Crippen LogP contribution in [-0.2, 0) is 0 Å². The molecule has 0 atom stereocenters. The third-order valence-electron chi connectivity index (χ3n) is 4.20. The van der Waals surface area contributed by atoms with Gasteiger partial charge in [0, 0.05) is 5.56 Å². The van der Waals surface area contributed by atoms with Crippen molar-refractivity contribution in [1.29, 1.82) is 0 Å². The SMILES string of the molecule is CCCC/C(=N\NC(=O)c1cccc2ccccc12)c1ccccc1. The Kier molecular flexibility index (Phi) is 5.57. The summed E-state index contributed by atoms with van der Waals surface area (Å²) in [4.78, 5) is 12.7. The van der Waals surface area contributed by atoms with E-state index in [9.17, 15) is 4.79 Å². The molecule has 0 unspecified atom stereocenters. The third kappa shape index (κ3) is 4.13. The smallest absolute Gasteiger partial charge is 0.267 e. The molecule has 3 nitrogen and oxygen atoms in total. The Morgan fingerprint density at radius 3 is 2.44 bits per heavy atom. The van der Waals surface area contributed by atoms with Crippen LogP contribution >= 0.6 is 0 Å². The Balaban J connectivity index is 1.85. The summed E-state index contributed by atoms with van der Waals surface area (Å²) in [6.45, 7) is 2.15. The lowest BCUT2D eigenvalue weighted by Crippen LogP contribution is -2.20. The molecular formula is C22H22N2O. The summed E-state index contributed by atoms with van der Waals surface area (Å²) in [5.74, 6) is -0.179. The average molecular weight is 330 g/mol. The molecule has 0 aliphatic carbocycles. The molecule has 0 spiro atoms. The lowest BCUT2D eigenvalue weighted by Gasteiger charge is -2.08. The van der Waals surface area contributed by atoms with Gasteiger partial charge in [0.05, 0.1) is 5.71 Å². The van der Waals surface area contributed by atoms with Crippen LogP contribution in [0.5, 0.6) is 0 Å². The van der Waals surface area contributed by atoms with Crippen molar-refractivity contribution in [3.8, 4) is 0 Å². The van der Waals surface area contributed by atoms with Gasteiger partial charge in [0.1, 0.15) is 0 Å². The maximum Gasteiger partial charge on any atom is 0.272 e. The van der Waals surface area contributed by atoms with Crippen molar-refractivity contribution in [1.82, 2.24) is 5.43 Å². The van der Waals surface area contributed by atoms with Crippen LogP contribution in [0.4, 0.5) is 0 Å². The van der Waals surface area contributed by atoms with E-state index >= 15 is 0 Å². The fraction of sp³-hybridized carbons (Fsp3) is 0.182. The molecule has 126 valence electrons. The largest absolute Gasteiger partial charge is 0.272 e. The van der Waals surface area contributed by atoms with E-state index in [-0.39, 0.29) is 5.91 Å². The second-order valence-corrected chi connectivity index (χ2v) is 6.00. The maximum atomic E-state index is 12.7. The lowest BCUT2D eigenvalue weighted by atomic mass is 10.0. The predicted octanol–water partition coefficient (Wildman–Crippen LogP) is 5.16. The van der Waals surface area contributed by atoms with Crippen LogP contribution in [-0.4, -0.2) is 11.6 Å². The number of rotatable bonds is 6. The highest BCUT2D eigenvalue weighted by molar-refractivity contribution is 6.08. The van der Waals surface area contributed by atoms with Crippen molar-refractivity contribution in [3.05, 3.63) is 83.9 Å². The van der Waals surface area contributed by atoms with Crippen LogP contribution in [0.2, 0.25) is 0 Å². The van der Waals surface area contributed by atoms with Gasteiger partial charge in [-0.25, -0.2) is 5.43 Å². The highest BCUT2D eigenvalue weighted by atomic mass is 16.2. The van der Waals surface area contributed by atoms with Gasteiger partial charge in [-0.1, -0.05) is 80.1 Å². The van der Waals surface area contributed by atoms with Crippen LogP contribution in [0.15, 0.2) is 77.9 Å². The molecule has 0 aromatic heterocycles. The summed E-state index contributed by atoms with van der Waals surface area (Å²) < 4.78 is 0. The number of nitrogens with zero attached hydrogens (tertiary/aromatic N) is 1. The van der Waals surface area contributed by atoms with Crippen molar-refractivity contribution >= 4 is 22.4 Å². The van der Waals surface area contributed by atoms with E-state index < -0.39 is 0 Å². The molecule has 0 bridgehead atoms. The monoisotopic (exact) mass is 330 g/mol. The van der Waals surface area contributed by atoms with Gasteiger partial charge in [0.25, 0.3) is 5.91 Å². The lowest BCUT2D eigenvalue weighted by molar-refractivity contribution is 0.0956. The number of carbonyl (C=O) groups is 1. The van der Waals surface area contributed by atoms with Crippen molar-refractivity contribution in [3.63, 3.8) is 0 Å². The molecule has 0 heterocycles. The molecule has 0 aliphatic rings. The quantitative estimate of drug-likeness (QED) is 0.492. The number of hydrazone groups is 1. The highest BCUT2D eigenvalue weighted by Crippen LogP contribution is 2.18. The van der Waals surface area contributed by atoms with Gasteiger partial charge >= 0.3 is 0 Å². The van der Waals surface area contributed by atoms with Gasteiger partial charge in [0.15, 0.2) is 0 Å². The first-order valence-corrected chi connectivity index (χ1v) is 8.69. The highest BCUT2D eigenvalue weighted by Gasteiger charge is 2.10. The van der Waals surface area contributed by atoms with Gasteiger partial charge in [0.2, 0.25) is 0 Å². The molecule has 0 radical (unpaired) electrons. The minimum atomic E-state index is -0.179. The third-order valence-corrected chi connectivity index (χ3v) is 4.20. The second kappa shape index (κ2) is 8.25. The van der Waals surface area contributed by atoms with E-state index in [1.54, 1.807) is 0 Å². The van der Waals surface area contributed by atoms with Crippen LogP contribution in [0.1, 0.15) is 42.1 Å². The zero-order valence-electron chi connectivity index (χ0n) is 14.4. The summed E-state index contributed by atoms with van der Waals surface area (Å²) >= 11 is 0. The summed E-state index contributed by atoms with van der Waals surface area (Å²) in [5, 5.41) is 6.42. The summed E-state index contributed by atoms with van der Waals surface area (Å²) in [6, 6.07) is 23.6. The second-order valence-electron chi connectivity index (χ2n) is 6.00. The topological polar surface area (TPSA) is 41.5 Å². The number of unbranched alkanes of at least 4 members (excludes halogenated alkanes) is 1. The molecule has 3 aromatic rings. The minimum absolute atomic E-state index is 0.179. The Morgan fingerprint density at radius 2 is 1.64 bits per heavy atom. The van der Waals surface area contributed by atoms with Crippen LogP contribution in [0.25, 0.3) is 10.8 Å². The van der Waals surface area contributed by atoms with Gasteiger partial charge in [-0.15, -0.1) is 0 Å². The number of hydrogen-bond donors (Lipinski definition) is 1. The van der Waals surface area contributed by atoms with Gasteiger partial charge in [-0.05, 0) is 35.2 Å². The first-order valence-electron chi connectivity index (χ1n) is 8.69. The number of benzene rings is 3. The molecular weight excluding hydrogens is 308 g/mol. The van der Waals surface area contributed by atoms with Crippen LogP contribution < -0.4 is 5.43 Å². The van der Waals surface area contributed by atoms with E-state index in [2.05, 4.69) is 17.5 Å². The van der Waals surface area contributed by atoms with Crippen molar-refractivity contribution < 1.29 is 4.79 Å². The fourth-order valence-electron chi connectivity index (χ4n) is 2.84. The normalized spacial score (nSPS) is 11.5. The van der Waals surface area contributed by atoms with E-state index in [1.165, 1.54) is 0 Å². The summed E-state index contributed by atoms with van der Waals surface area (Å²) in [7, 11) is 0. The van der Waals surface area contributed by atoms with E-state index in [1.807, 2.05) is 72.8 Å². The van der Waals surface area contributed by atoms with Crippen LogP contribution in [0, 0.1) is 0 Å². The first kappa shape index (κ1) is 16.9. The standard InChI is InChI=1S/C22H22N2O/c1-2-3-16-21(18-11-5-4-6-12-18)23-24-22(25)20-15-9-13-17-10-7-8-14-19(17)20/h4-15H,2-3,16H2,1H3,(H,24,25)/b23-21+. The molecule has 0 aliphatic heterocycles. The minimum Gasteiger partial charge on any atom is -0.267 e. The molecule has 1 N–H and O–H groups in total. The summed E-state index contributed by atoms with van der Waals surface area (Å²) in [5.41, 5.74) is 5.35. The molecule has 3 heteroatoms. The Morgan fingerprint density at radius 1 is 0.920 bits per heavy atom. The molecule has 0 fully saturated rings. The van der Waals surface area contributed by atoms with Gasteiger partial charge < -0.3 is 0 Å². The molecule has 25 heavy (non-hydrogen) atoms. The van der Waals surface area contributed by atoms with E-state index in [4.69, 9.17) is 0 Å². The van der Waals surface area contributed by atoms with E-state index in [0.29, 0.717) is 5.56 Å². The van der Waals surface area contributed by atoms with Crippen molar-refractivity contribution in [2.75, 3.05) is 0 Å². The number of hydrogen-bond acceptors (Lipinski definition) is 2. The average Bonchev–Trinajstić information content (AvgIpc) is 2.68. The molecule has 0 saturated heterocycles.